The van der Waals surface area contributed by atoms with Crippen LogP contribution < -0.4 is 0 Å². The summed E-state index contributed by atoms with van der Waals surface area (Å²) < 4.78 is 39.6. The van der Waals surface area contributed by atoms with Crippen molar-refractivity contribution in [1.82, 2.24) is 24.9 Å². The van der Waals surface area contributed by atoms with E-state index in [-0.39, 0.29) is 31.4 Å². The van der Waals surface area contributed by atoms with Gasteiger partial charge in [-0.15, -0.1) is 10.2 Å². The Balaban J connectivity index is 1.79. The van der Waals surface area contributed by atoms with E-state index in [1.165, 1.54) is 7.11 Å². The van der Waals surface area contributed by atoms with Crippen LogP contribution in [0.5, 0.6) is 0 Å². The molecule has 7 nitrogen and oxygen atoms in total. The summed E-state index contributed by atoms with van der Waals surface area (Å²) >= 11 is 0. The van der Waals surface area contributed by atoms with Gasteiger partial charge in [0.2, 0.25) is 11.8 Å². The number of nitrogens with zero attached hydrogens (tertiary/aromatic N) is 5. The number of hydrogen-bond donors (Lipinski definition) is 0. The maximum atomic E-state index is 13.8. The molecule has 22 heavy (non-hydrogen) atoms. The summed E-state index contributed by atoms with van der Waals surface area (Å²) in [4.78, 5) is 1.64. The molecular weight excluding hydrogens is 296 g/mol. The summed E-state index contributed by atoms with van der Waals surface area (Å²) in [5.74, 6) is -2.29. The second kappa shape index (κ2) is 5.73. The van der Waals surface area contributed by atoms with Crippen molar-refractivity contribution in [2.75, 3.05) is 13.7 Å². The lowest BCUT2D eigenvalue weighted by Crippen LogP contribution is -2.26. The lowest BCUT2D eigenvalue weighted by Gasteiger charge is -2.19. The minimum atomic E-state index is -2.78. The molecular formula is C13H17F2N5O2. The average Bonchev–Trinajstić information content (AvgIpc) is 3.11. The normalized spacial score (nSPS) is 21.5. The van der Waals surface area contributed by atoms with Crippen molar-refractivity contribution in [2.45, 2.75) is 31.5 Å². The van der Waals surface area contributed by atoms with Gasteiger partial charge in [-0.3, -0.25) is 9.58 Å². The molecule has 0 spiro atoms. The van der Waals surface area contributed by atoms with Crippen LogP contribution in [0.15, 0.2) is 16.8 Å². The van der Waals surface area contributed by atoms with E-state index in [0.717, 1.165) is 5.56 Å². The van der Waals surface area contributed by atoms with Gasteiger partial charge < -0.3 is 9.15 Å². The van der Waals surface area contributed by atoms with Gasteiger partial charge in [-0.05, 0) is 0 Å². The van der Waals surface area contributed by atoms with Crippen molar-refractivity contribution in [1.29, 1.82) is 0 Å². The van der Waals surface area contributed by atoms with Gasteiger partial charge in [0.1, 0.15) is 6.61 Å². The summed E-state index contributed by atoms with van der Waals surface area (Å²) in [7, 11) is 3.29. The van der Waals surface area contributed by atoms with Crippen LogP contribution in [0.4, 0.5) is 8.78 Å². The SMILES string of the molecule is COCc1nnc([C@@H]2CC(F)(F)CN2Cc2cnn(C)c2)o1. The quantitative estimate of drug-likeness (QED) is 0.834. The first kappa shape index (κ1) is 15.0. The van der Waals surface area contributed by atoms with Crippen LogP contribution in [0, 0.1) is 0 Å². The van der Waals surface area contributed by atoms with Gasteiger partial charge in [-0.1, -0.05) is 0 Å². The van der Waals surface area contributed by atoms with E-state index in [1.807, 2.05) is 0 Å². The van der Waals surface area contributed by atoms with Gasteiger partial charge in [-0.25, -0.2) is 8.78 Å². The molecule has 0 aromatic carbocycles. The number of rotatable bonds is 5. The minimum Gasteiger partial charge on any atom is -0.421 e. The molecule has 0 radical (unpaired) electrons. The molecule has 9 heteroatoms. The van der Waals surface area contributed by atoms with Crippen LogP contribution in [-0.4, -0.2) is 44.5 Å². The molecule has 2 aromatic heterocycles. The molecule has 0 aliphatic carbocycles. The Morgan fingerprint density at radius 1 is 1.45 bits per heavy atom. The third-order valence-electron chi connectivity index (χ3n) is 3.55. The number of alkyl halides is 2. The molecule has 0 saturated carbocycles. The number of ether oxygens (including phenoxy) is 1. The molecule has 1 aliphatic heterocycles. The van der Waals surface area contributed by atoms with Crippen LogP contribution in [0.25, 0.3) is 0 Å². The van der Waals surface area contributed by atoms with Gasteiger partial charge >= 0.3 is 0 Å². The van der Waals surface area contributed by atoms with E-state index >= 15 is 0 Å². The smallest absolute Gasteiger partial charge is 0.262 e. The predicted molar refractivity (Wildman–Crippen MR) is 70.9 cm³/mol. The van der Waals surface area contributed by atoms with E-state index in [2.05, 4.69) is 15.3 Å². The first-order valence-electron chi connectivity index (χ1n) is 6.87. The van der Waals surface area contributed by atoms with Crippen molar-refractivity contribution in [3.8, 4) is 0 Å². The van der Waals surface area contributed by atoms with Gasteiger partial charge in [0.05, 0.1) is 18.8 Å². The van der Waals surface area contributed by atoms with Crippen molar-refractivity contribution in [3.05, 3.63) is 29.7 Å². The monoisotopic (exact) mass is 313 g/mol. The lowest BCUT2D eigenvalue weighted by atomic mass is 10.2. The highest BCUT2D eigenvalue weighted by atomic mass is 19.3. The molecule has 3 rings (SSSR count). The highest BCUT2D eigenvalue weighted by Gasteiger charge is 2.47. The van der Waals surface area contributed by atoms with Gasteiger partial charge in [0.15, 0.2) is 0 Å². The Bertz CT molecular complexity index is 642. The second-order valence-electron chi connectivity index (χ2n) is 5.47. The molecule has 0 bridgehead atoms. The third kappa shape index (κ3) is 3.14. The molecule has 3 heterocycles. The van der Waals surface area contributed by atoms with E-state index in [9.17, 15) is 8.78 Å². The van der Waals surface area contributed by atoms with E-state index in [4.69, 9.17) is 9.15 Å². The average molecular weight is 313 g/mol. The number of hydrogen-bond acceptors (Lipinski definition) is 6. The number of methoxy groups -OCH3 is 1. The number of aromatic nitrogens is 4. The predicted octanol–water partition coefficient (Wildman–Crippen LogP) is 1.53. The summed E-state index contributed by atoms with van der Waals surface area (Å²) in [6.45, 7) is 0.184. The van der Waals surface area contributed by atoms with Crippen molar-refractivity contribution < 1.29 is 17.9 Å². The zero-order chi connectivity index (χ0) is 15.7. The molecule has 120 valence electrons. The number of halogens is 2. The van der Waals surface area contributed by atoms with E-state index < -0.39 is 12.0 Å². The molecule has 1 fully saturated rings. The lowest BCUT2D eigenvalue weighted by molar-refractivity contribution is 0.0112. The zero-order valence-electron chi connectivity index (χ0n) is 12.4. The maximum absolute atomic E-state index is 13.8. The van der Waals surface area contributed by atoms with Gasteiger partial charge in [0.25, 0.3) is 5.92 Å². The first-order valence-corrected chi connectivity index (χ1v) is 6.87. The molecule has 0 unspecified atom stereocenters. The molecule has 0 amide bonds. The van der Waals surface area contributed by atoms with Crippen molar-refractivity contribution >= 4 is 0 Å². The van der Waals surface area contributed by atoms with Crippen molar-refractivity contribution in [3.63, 3.8) is 0 Å². The zero-order valence-corrected chi connectivity index (χ0v) is 12.4. The summed E-state index contributed by atoms with van der Waals surface area (Å²) in [5.41, 5.74) is 0.863. The number of aryl methyl sites for hydroxylation is 1. The number of likely N-dealkylation sites (tertiary alicyclic amines) is 1. The largest absolute Gasteiger partial charge is 0.421 e. The molecule has 0 N–H and O–H groups in total. The fourth-order valence-corrected chi connectivity index (χ4v) is 2.66. The highest BCUT2D eigenvalue weighted by molar-refractivity contribution is 5.07. The molecule has 2 aromatic rings. The Hall–Kier alpha value is -1.87. The van der Waals surface area contributed by atoms with Crippen LogP contribution in [0.1, 0.15) is 29.8 Å². The second-order valence-corrected chi connectivity index (χ2v) is 5.47. The van der Waals surface area contributed by atoms with Crippen molar-refractivity contribution in [2.24, 2.45) is 7.05 Å². The fourth-order valence-electron chi connectivity index (χ4n) is 2.66. The topological polar surface area (TPSA) is 69.2 Å². The third-order valence-corrected chi connectivity index (χ3v) is 3.55. The summed E-state index contributed by atoms with van der Waals surface area (Å²) in [5, 5.41) is 11.8. The maximum Gasteiger partial charge on any atom is 0.262 e. The van der Waals surface area contributed by atoms with E-state index in [0.29, 0.717) is 6.54 Å². The van der Waals surface area contributed by atoms with Crippen LogP contribution in [0.3, 0.4) is 0 Å². The van der Waals surface area contributed by atoms with Gasteiger partial charge in [0, 0.05) is 38.9 Å². The Labute approximate surface area is 125 Å². The Morgan fingerprint density at radius 3 is 2.95 bits per heavy atom. The first-order chi connectivity index (χ1) is 10.5. The van der Waals surface area contributed by atoms with Crippen LogP contribution in [0.2, 0.25) is 0 Å². The Morgan fingerprint density at radius 2 is 2.27 bits per heavy atom. The fraction of sp³-hybridized carbons (Fsp3) is 0.615. The van der Waals surface area contributed by atoms with Crippen LogP contribution >= 0.6 is 0 Å². The highest BCUT2D eigenvalue weighted by Crippen LogP contribution is 2.41. The van der Waals surface area contributed by atoms with Gasteiger partial charge in [-0.2, -0.15) is 5.10 Å². The summed E-state index contributed by atoms with van der Waals surface area (Å²) in [6, 6.07) is -0.603. The van der Waals surface area contributed by atoms with E-state index in [1.54, 1.807) is 29.0 Å². The molecule has 1 aliphatic rings. The Kier molecular flexibility index (Phi) is 3.92. The summed E-state index contributed by atoms with van der Waals surface area (Å²) in [6.07, 6.45) is 3.14. The minimum absolute atomic E-state index is 0.165. The standard InChI is InChI=1S/C13H17F2N5O2/c1-19-5-9(4-16-19)6-20-8-13(14,15)3-10(20)12-18-17-11(22-12)7-21-2/h4-5,10H,3,6-8H2,1-2H3/t10-/m0/s1. The molecule has 1 atom stereocenters. The molecule has 1 saturated heterocycles. The van der Waals surface area contributed by atoms with Crippen LogP contribution in [-0.2, 0) is 24.9 Å².